The summed E-state index contributed by atoms with van der Waals surface area (Å²) in [6, 6.07) is 41.7. The van der Waals surface area contributed by atoms with E-state index in [1.807, 2.05) is 0 Å². The Morgan fingerprint density at radius 2 is 0.787 bits per heavy atom. The number of hydrogen-bond acceptors (Lipinski definition) is 5. The molecular formula is C40H50B2N2O3. The van der Waals surface area contributed by atoms with E-state index in [4.69, 9.17) is 14.0 Å². The van der Waals surface area contributed by atoms with Crippen molar-refractivity contribution in [3.63, 3.8) is 0 Å². The summed E-state index contributed by atoms with van der Waals surface area (Å²) < 4.78 is 21.3. The van der Waals surface area contributed by atoms with Crippen LogP contribution in [-0.2, 0) is 14.0 Å². The van der Waals surface area contributed by atoms with Crippen LogP contribution in [0.25, 0.3) is 0 Å². The molecule has 0 bridgehead atoms. The van der Waals surface area contributed by atoms with E-state index in [0.717, 1.165) is 61.3 Å². The van der Waals surface area contributed by atoms with Gasteiger partial charge in [0.25, 0.3) is 0 Å². The predicted molar refractivity (Wildman–Crippen MR) is 196 cm³/mol. The molecule has 4 aromatic rings. The van der Waals surface area contributed by atoms with E-state index in [2.05, 4.69) is 131 Å². The number of hydrogen-bond donors (Lipinski definition) is 0. The molecule has 2 fully saturated rings. The van der Waals surface area contributed by atoms with Gasteiger partial charge in [-0.2, -0.15) is 0 Å². The Morgan fingerprint density at radius 1 is 0.447 bits per heavy atom. The quantitative estimate of drug-likeness (QED) is 0.135. The number of piperidine rings is 2. The first kappa shape index (κ1) is 33.7. The number of ether oxygens (including phenoxy) is 1. The largest absolute Gasteiger partial charge is 0.427 e. The average Bonchev–Trinajstić information content (AvgIpc) is 3.15. The molecule has 0 aromatic heterocycles. The maximum atomic E-state index is 7.46. The molecule has 2 atom stereocenters. The van der Waals surface area contributed by atoms with Gasteiger partial charge in [-0.1, -0.05) is 134 Å². The maximum absolute atomic E-state index is 7.46. The third-order valence-corrected chi connectivity index (χ3v) is 9.66. The normalized spacial score (nSPS) is 17.2. The van der Waals surface area contributed by atoms with Crippen molar-refractivity contribution in [1.29, 1.82) is 0 Å². The zero-order valence-corrected chi connectivity index (χ0v) is 27.9. The van der Waals surface area contributed by atoms with E-state index in [0.29, 0.717) is 13.2 Å². The fourth-order valence-electron chi connectivity index (χ4n) is 7.08. The van der Waals surface area contributed by atoms with Gasteiger partial charge in [0.2, 0.25) is 0 Å². The monoisotopic (exact) mass is 628 g/mol. The van der Waals surface area contributed by atoms with Crippen LogP contribution in [0.15, 0.2) is 121 Å². The van der Waals surface area contributed by atoms with Gasteiger partial charge in [0.1, 0.15) is 0 Å². The molecule has 0 radical (unpaired) electrons. The highest BCUT2D eigenvalue weighted by Gasteiger charge is 2.40. The first-order chi connectivity index (χ1) is 23.3. The Kier molecular flexibility index (Phi) is 13.2. The van der Waals surface area contributed by atoms with Crippen LogP contribution in [0.4, 0.5) is 0 Å². The van der Waals surface area contributed by atoms with Crippen molar-refractivity contribution < 1.29 is 14.0 Å². The highest BCUT2D eigenvalue weighted by atomic mass is 16.5. The summed E-state index contributed by atoms with van der Waals surface area (Å²) in [6.07, 6.45) is 7.75. The van der Waals surface area contributed by atoms with Crippen molar-refractivity contribution in [2.45, 2.75) is 50.5 Å². The standard InChI is InChI=1S/C40H50B2N2O3/c1-7-19-35(20-8-1)39(41(37-23-11-3-12-24-37)45-33-31-43-27-15-5-16-28-43)47-40(36-21-9-2-10-22-36)42(38-25-13-4-14-26-38)46-34-32-44-29-17-6-18-30-44/h1-4,7-14,19-26,39-40H,5-6,15-18,27-34H2. The van der Waals surface area contributed by atoms with Gasteiger partial charge in [-0.05, 0) is 73.9 Å². The Morgan fingerprint density at radius 3 is 1.15 bits per heavy atom. The number of likely N-dealkylation sites (tertiary alicyclic amines) is 2. The van der Waals surface area contributed by atoms with Crippen LogP contribution in [0.3, 0.4) is 0 Å². The lowest BCUT2D eigenvalue weighted by atomic mass is 9.51. The van der Waals surface area contributed by atoms with E-state index in [1.165, 1.54) is 38.5 Å². The molecule has 5 nitrogen and oxygen atoms in total. The number of benzene rings is 4. The fraction of sp³-hybridized carbons (Fsp3) is 0.400. The Bertz CT molecular complexity index is 1300. The summed E-state index contributed by atoms with van der Waals surface area (Å²) in [7, 11) is 0. The second-order valence-electron chi connectivity index (χ2n) is 13.0. The van der Waals surface area contributed by atoms with Crippen molar-refractivity contribution in [3.8, 4) is 0 Å². The second-order valence-corrected chi connectivity index (χ2v) is 13.0. The topological polar surface area (TPSA) is 34.2 Å². The van der Waals surface area contributed by atoms with E-state index in [9.17, 15) is 0 Å². The van der Waals surface area contributed by atoms with Crippen LogP contribution in [0.1, 0.15) is 61.7 Å². The third kappa shape index (κ3) is 9.91. The molecule has 4 aromatic carbocycles. The van der Waals surface area contributed by atoms with Crippen LogP contribution >= 0.6 is 0 Å². The molecular weight excluding hydrogens is 578 g/mol. The van der Waals surface area contributed by atoms with Crippen molar-refractivity contribution in [2.75, 3.05) is 52.5 Å². The molecule has 2 saturated heterocycles. The van der Waals surface area contributed by atoms with Gasteiger partial charge in [0.05, 0.1) is 12.0 Å². The first-order valence-corrected chi connectivity index (χ1v) is 17.9. The minimum Gasteiger partial charge on any atom is -0.427 e. The molecule has 6 rings (SSSR count). The molecule has 2 aliphatic rings. The van der Waals surface area contributed by atoms with Gasteiger partial charge < -0.3 is 23.8 Å². The third-order valence-electron chi connectivity index (χ3n) is 9.66. The van der Waals surface area contributed by atoms with Gasteiger partial charge in [0, 0.05) is 26.3 Å². The minimum absolute atomic E-state index is 0.292. The van der Waals surface area contributed by atoms with Crippen molar-refractivity contribution >= 4 is 24.8 Å². The first-order valence-electron chi connectivity index (χ1n) is 17.9. The predicted octanol–water partition coefficient (Wildman–Crippen LogP) is 6.37. The van der Waals surface area contributed by atoms with Crippen LogP contribution in [-0.4, -0.2) is 76.1 Å². The number of nitrogens with zero attached hydrogens (tertiary/aromatic N) is 2. The van der Waals surface area contributed by atoms with E-state index in [1.54, 1.807) is 0 Å². The lowest BCUT2D eigenvalue weighted by Crippen LogP contribution is -2.48. The molecule has 0 saturated carbocycles. The molecule has 2 unspecified atom stereocenters. The summed E-state index contributed by atoms with van der Waals surface area (Å²) in [4.78, 5) is 5.08. The van der Waals surface area contributed by atoms with Gasteiger partial charge in [0.15, 0.2) is 0 Å². The van der Waals surface area contributed by atoms with Crippen molar-refractivity contribution in [3.05, 3.63) is 132 Å². The Hall–Kier alpha value is -3.19. The summed E-state index contributed by atoms with van der Waals surface area (Å²) >= 11 is 0. The molecule has 47 heavy (non-hydrogen) atoms. The van der Waals surface area contributed by atoms with E-state index in [-0.39, 0.29) is 25.8 Å². The summed E-state index contributed by atoms with van der Waals surface area (Å²) in [5.41, 5.74) is 4.43. The molecule has 244 valence electrons. The van der Waals surface area contributed by atoms with Crippen molar-refractivity contribution in [2.24, 2.45) is 0 Å². The highest BCUT2D eigenvalue weighted by molar-refractivity contribution is 6.69. The van der Waals surface area contributed by atoms with Crippen LogP contribution < -0.4 is 10.9 Å². The summed E-state index contributed by atoms with van der Waals surface area (Å²) in [5, 5.41) is 0. The summed E-state index contributed by atoms with van der Waals surface area (Å²) in [5.74, 6) is 0. The molecule has 0 amide bonds. The zero-order chi connectivity index (χ0) is 31.9. The molecule has 0 spiro atoms. The molecule has 0 aliphatic carbocycles. The van der Waals surface area contributed by atoms with Gasteiger partial charge in [-0.3, -0.25) is 0 Å². The summed E-state index contributed by atoms with van der Waals surface area (Å²) in [6.45, 7) is 7.19. The fourth-order valence-corrected chi connectivity index (χ4v) is 7.08. The lowest BCUT2D eigenvalue weighted by Gasteiger charge is -2.34. The minimum atomic E-state index is -0.359. The SMILES string of the molecule is c1ccc(B(OCCN2CCCCC2)C(OC(B(OCCN2CCCCC2)c2ccccc2)c2ccccc2)c2ccccc2)cc1. The smallest absolute Gasteiger partial charge is 0.361 e. The van der Waals surface area contributed by atoms with E-state index >= 15 is 0 Å². The van der Waals surface area contributed by atoms with Crippen LogP contribution in [0.5, 0.6) is 0 Å². The van der Waals surface area contributed by atoms with Crippen LogP contribution in [0, 0.1) is 0 Å². The van der Waals surface area contributed by atoms with Gasteiger partial charge in [-0.25, -0.2) is 0 Å². The highest BCUT2D eigenvalue weighted by Crippen LogP contribution is 2.32. The molecule has 7 heteroatoms. The maximum Gasteiger partial charge on any atom is 0.361 e. The Labute approximate surface area is 283 Å². The van der Waals surface area contributed by atoms with Gasteiger partial charge >= 0.3 is 13.8 Å². The zero-order valence-electron chi connectivity index (χ0n) is 27.9. The lowest BCUT2D eigenvalue weighted by molar-refractivity contribution is 0.0479. The van der Waals surface area contributed by atoms with Crippen molar-refractivity contribution in [1.82, 2.24) is 9.80 Å². The van der Waals surface area contributed by atoms with E-state index < -0.39 is 0 Å². The molecule has 2 heterocycles. The average molecular weight is 628 g/mol. The molecule has 2 aliphatic heterocycles. The second kappa shape index (κ2) is 18.4. The van der Waals surface area contributed by atoms with Crippen LogP contribution in [0.2, 0.25) is 0 Å². The molecule has 0 N–H and O–H groups in total. The Balaban J connectivity index is 1.33. The number of rotatable bonds is 16. The van der Waals surface area contributed by atoms with Gasteiger partial charge in [-0.15, -0.1) is 0 Å².